The molecule has 1 nitrogen and oxygen atoms in total. The Labute approximate surface area is 66.0 Å². The molecule has 1 atom stereocenters. The summed E-state index contributed by atoms with van der Waals surface area (Å²) in [6.45, 7) is 12.8. The van der Waals surface area contributed by atoms with Crippen LogP contribution in [0, 0.1) is 11.8 Å². The van der Waals surface area contributed by atoms with E-state index in [1.165, 1.54) is 0 Å². The summed E-state index contributed by atoms with van der Waals surface area (Å²) in [5.41, 5.74) is 5.44. The van der Waals surface area contributed by atoms with E-state index in [0.717, 1.165) is 5.92 Å². The zero-order chi connectivity index (χ0) is 8.73. The summed E-state index contributed by atoms with van der Waals surface area (Å²) in [6.07, 6.45) is 0. The van der Waals surface area contributed by atoms with Crippen LogP contribution in [0.25, 0.3) is 0 Å². The van der Waals surface area contributed by atoms with Gasteiger partial charge in [-0.2, -0.15) is 0 Å². The molecule has 10 heavy (non-hydrogen) atoms. The van der Waals surface area contributed by atoms with Crippen molar-refractivity contribution in [1.29, 1.82) is 0 Å². The highest BCUT2D eigenvalue weighted by molar-refractivity contribution is 4.55. The molecule has 0 aromatic rings. The monoisotopic (exact) mass is 145 g/mol. The molecule has 0 unspecified atom stereocenters. The molecule has 0 aromatic heterocycles. The van der Waals surface area contributed by atoms with Crippen LogP contribution in [0.15, 0.2) is 0 Å². The molecule has 0 aliphatic rings. The van der Waals surface area contributed by atoms with Gasteiger partial charge < -0.3 is 5.73 Å². The molecule has 0 spiro atoms. The van der Waals surface area contributed by atoms with Crippen molar-refractivity contribution >= 4 is 0 Å². The van der Waals surface area contributed by atoms with Gasteiger partial charge in [-0.05, 0) is 18.8 Å². The average molecular weight is 145 g/mol. The van der Waals surface area contributed by atoms with E-state index in [9.17, 15) is 0 Å². The SMILES string of the molecule is CC(C)C.CC(C)[C@H](C)N. The van der Waals surface area contributed by atoms with Crippen LogP contribution < -0.4 is 5.73 Å². The molecule has 1 heteroatoms. The van der Waals surface area contributed by atoms with E-state index in [0.29, 0.717) is 12.0 Å². The lowest BCUT2D eigenvalue weighted by molar-refractivity contribution is 0.529. The van der Waals surface area contributed by atoms with E-state index in [-0.39, 0.29) is 0 Å². The molecule has 0 bridgehead atoms. The maximum atomic E-state index is 5.44. The largest absolute Gasteiger partial charge is 0.328 e. The number of nitrogens with two attached hydrogens (primary N) is 1. The van der Waals surface area contributed by atoms with Crippen LogP contribution in [-0.4, -0.2) is 6.04 Å². The van der Waals surface area contributed by atoms with Crippen molar-refractivity contribution in [3.63, 3.8) is 0 Å². The van der Waals surface area contributed by atoms with Gasteiger partial charge in [-0.15, -0.1) is 0 Å². The van der Waals surface area contributed by atoms with Gasteiger partial charge in [0.05, 0.1) is 0 Å². The van der Waals surface area contributed by atoms with Crippen molar-refractivity contribution in [3.05, 3.63) is 0 Å². The van der Waals surface area contributed by atoms with Crippen LogP contribution in [0.5, 0.6) is 0 Å². The Balaban J connectivity index is 0. The highest BCUT2D eigenvalue weighted by Gasteiger charge is 1.95. The fourth-order valence-corrected chi connectivity index (χ4v) is 0. The van der Waals surface area contributed by atoms with E-state index in [4.69, 9.17) is 5.73 Å². The van der Waals surface area contributed by atoms with Gasteiger partial charge in [-0.1, -0.05) is 34.6 Å². The highest BCUT2D eigenvalue weighted by atomic mass is 14.6. The lowest BCUT2D eigenvalue weighted by atomic mass is 10.1. The lowest BCUT2D eigenvalue weighted by Crippen LogP contribution is -2.21. The maximum absolute atomic E-state index is 5.44. The smallest absolute Gasteiger partial charge is 0.00334 e. The Hall–Kier alpha value is -0.0400. The molecular weight excluding hydrogens is 122 g/mol. The zero-order valence-electron chi connectivity index (χ0n) is 8.31. The Bertz CT molecular complexity index is 47.0. The fourth-order valence-electron chi connectivity index (χ4n) is 0. The van der Waals surface area contributed by atoms with Crippen LogP contribution in [0.3, 0.4) is 0 Å². The first-order valence-electron chi connectivity index (χ1n) is 4.13. The second kappa shape index (κ2) is 7.07. The third-order valence-corrected chi connectivity index (χ3v) is 1.05. The van der Waals surface area contributed by atoms with Crippen LogP contribution in [-0.2, 0) is 0 Å². The van der Waals surface area contributed by atoms with E-state index in [2.05, 4.69) is 34.6 Å². The first-order chi connectivity index (χ1) is 4.37. The van der Waals surface area contributed by atoms with Crippen LogP contribution in [0.4, 0.5) is 0 Å². The van der Waals surface area contributed by atoms with Crippen LogP contribution >= 0.6 is 0 Å². The van der Waals surface area contributed by atoms with E-state index in [1.807, 2.05) is 6.92 Å². The summed E-state index contributed by atoms with van der Waals surface area (Å²) in [5, 5.41) is 0. The van der Waals surface area contributed by atoms with Crippen molar-refractivity contribution in [2.75, 3.05) is 0 Å². The molecule has 2 N–H and O–H groups in total. The Kier molecular flexibility index (Phi) is 8.92. The second-order valence-corrected chi connectivity index (χ2v) is 3.84. The van der Waals surface area contributed by atoms with Crippen molar-refractivity contribution in [2.24, 2.45) is 17.6 Å². The predicted molar refractivity (Wildman–Crippen MR) is 49.0 cm³/mol. The van der Waals surface area contributed by atoms with Crippen molar-refractivity contribution in [2.45, 2.75) is 47.6 Å². The molecular formula is C9H23N. The summed E-state index contributed by atoms with van der Waals surface area (Å²) >= 11 is 0. The molecule has 0 heterocycles. The summed E-state index contributed by atoms with van der Waals surface area (Å²) in [4.78, 5) is 0. The van der Waals surface area contributed by atoms with Crippen LogP contribution in [0.1, 0.15) is 41.5 Å². The second-order valence-electron chi connectivity index (χ2n) is 3.84. The van der Waals surface area contributed by atoms with Gasteiger partial charge in [-0.3, -0.25) is 0 Å². The number of rotatable bonds is 1. The quantitative estimate of drug-likeness (QED) is 0.603. The molecule has 0 saturated heterocycles. The maximum Gasteiger partial charge on any atom is 0.00334 e. The fraction of sp³-hybridized carbons (Fsp3) is 1.00. The Morgan fingerprint density at radius 3 is 0.900 bits per heavy atom. The standard InChI is InChI=1S/C5H13N.C4H10/c1-4(2)5(3)6;1-4(2)3/h4-5H,6H2,1-3H3;4H,1-3H3/t5-;/m0./s1. The molecule has 0 aromatic carbocycles. The van der Waals surface area contributed by atoms with Gasteiger partial charge in [0, 0.05) is 6.04 Å². The van der Waals surface area contributed by atoms with Gasteiger partial charge in [0.15, 0.2) is 0 Å². The third kappa shape index (κ3) is 24.6. The minimum Gasteiger partial charge on any atom is -0.328 e. The molecule has 0 aliphatic heterocycles. The Morgan fingerprint density at radius 1 is 0.800 bits per heavy atom. The first-order valence-corrected chi connectivity index (χ1v) is 4.13. The number of hydrogen-bond acceptors (Lipinski definition) is 1. The first kappa shape index (κ1) is 12.6. The van der Waals surface area contributed by atoms with E-state index < -0.39 is 0 Å². The van der Waals surface area contributed by atoms with Gasteiger partial charge in [0.2, 0.25) is 0 Å². The van der Waals surface area contributed by atoms with E-state index in [1.54, 1.807) is 0 Å². The molecule has 64 valence electrons. The van der Waals surface area contributed by atoms with Gasteiger partial charge >= 0.3 is 0 Å². The minimum atomic E-state index is 0.352. The Morgan fingerprint density at radius 2 is 0.900 bits per heavy atom. The van der Waals surface area contributed by atoms with Gasteiger partial charge in [0.1, 0.15) is 0 Å². The molecule has 0 aliphatic carbocycles. The zero-order valence-corrected chi connectivity index (χ0v) is 8.31. The average Bonchev–Trinajstić information content (AvgIpc) is 1.63. The highest BCUT2D eigenvalue weighted by Crippen LogP contribution is 1.93. The third-order valence-electron chi connectivity index (χ3n) is 1.05. The predicted octanol–water partition coefficient (Wildman–Crippen LogP) is 2.65. The van der Waals surface area contributed by atoms with Gasteiger partial charge in [0.25, 0.3) is 0 Å². The van der Waals surface area contributed by atoms with Gasteiger partial charge in [-0.25, -0.2) is 0 Å². The summed E-state index contributed by atoms with van der Waals surface area (Å²) in [7, 11) is 0. The van der Waals surface area contributed by atoms with Crippen molar-refractivity contribution < 1.29 is 0 Å². The normalized spacial score (nSPS) is 12.9. The molecule has 0 saturated carbocycles. The summed E-state index contributed by atoms with van der Waals surface area (Å²) < 4.78 is 0. The minimum absolute atomic E-state index is 0.352. The van der Waals surface area contributed by atoms with Crippen molar-refractivity contribution in [1.82, 2.24) is 0 Å². The molecule has 0 fully saturated rings. The summed E-state index contributed by atoms with van der Waals surface area (Å²) in [6, 6.07) is 0.352. The molecule has 0 radical (unpaired) electrons. The molecule has 0 rings (SSSR count). The topological polar surface area (TPSA) is 26.0 Å². The van der Waals surface area contributed by atoms with E-state index >= 15 is 0 Å². The lowest BCUT2D eigenvalue weighted by Gasteiger charge is -2.05. The number of hydrogen-bond donors (Lipinski definition) is 1. The van der Waals surface area contributed by atoms with Crippen LogP contribution in [0.2, 0.25) is 0 Å². The van der Waals surface area contributed by atoms with Crippen molar-refractivity contribution in [3.8, 4) is 0 Å². The molecule has 0 amide bonds. The summed E-state index contributed by atoms with van der Waals surface area (Å²) in [5.74, 6) is 1.46.